The minimum Gasteiger partial charge on any atom is -0.508 e. The molecular formula is C39H30Cl2FN3O6. The van der Waals surface area contributed by atoms with Gasteiger partial charge in [0.1, 0.15) is 17.3 Å². The van der Waals surface area contributed by atoms with Gasteiger partial charge in [0.25, 0.3) is 11.8 Å². The number of hydrogen-bond acceptors (Lipinski definition) is 7. The molecule has 6 atom stereocenters. The van der Waals surface area contributed by atoms with Crippen LogP contribution in [0.15, 0.2) is 109 Å². The maximum Gasteiger partial charge on any atom is 0.258 e. The Bertz CT molecular complexity index is 2150. The van der Waals surface area contributed by atoms with E-state index in [1.54, 1.807) is 30.3 Å². The van der Waals surface area contributed by atoms with Gasteiger partial charge in [0.05, 0.1) is 30.3 Å². The number of nitrogens with one attached hydrogen (secondary N) is 1. The lowest BCUT2D eigenvalue weighted by molar-refractivity contribution is -0.125. The standard InChI is InChI=1S/C39H30Cl2FN3O6/c1-51-31-19-26(46)15-16-28(31)33-27-17-18-29-32(35(48)44(34(29)47)24-13-9-23(10-14-24)43-22-5-3-2-4-6-22)30(27)20-38(40)36(49)45(37(50)39(33,38)41)25-11-7-21(42)8-12-25/h2-17,19,29-30,32-33,43,46H,18,20H2,1H3. The number of para-hydroxylation sites is 1. The summed E-state index contributed by atoms with van der Waals surface area (Å²) in [6.07, 6.45) is 1.77. The van der Waals surface area contributed by atoms with Gasteiger partial charge >= 0.3 is 0 Å². The fourth-order valence-corrected chi connectivity index (χ4v) is 9.25. The van der Waals surface area contributed by atoms with E-state index in [0.29, 0.717) is 16.8 Å². The third-order valence-electron chi connectivity index (χ3n) is 10.6. The Balaban J connectivity index is 1.21. The van der Waals surface area contributed by atoms with E-state index >= 15 is 0 Å². The number of fused-ring (bicyclic) bond motifs is 4. The lowest BCUT2D eigenvalue weighted by Crippen LogP contribution is -2.60. The number of halogens is 3. The SMILES string of the molecule is COc1cc(O)ccc1C1C2=CCC3C(=O)N(c4ccc(Nc5ccccc5)cc4)C(=O)C3C2CC2(Cl)C(=O)N(c3ccc(F)cc3)C(=O)C12Cl. The highest BCUT2D eigenvalue weighted by molar-refractivity contribution is 6.58. The van der Waals surface area contributed by atoms with Crippen molar-refractivity contribution < 1.29 is 33.4 Å². The first-order valence-electron chi connectivity index (χ1n) is 16.4. The van der Waals surface area contributed by atoms with Gasteiger partial charge in [0, 0.05) is 28.9 Å². The van der Waals surface area contributed by atoms with Crippen LogP contribution in [-0.4, -0.2) is 45.6 Å². The van der Waals surface area contributed by atoms with E-state index in [4.69, 9.17) is 27.9 Å². The molecule has 2 aliphatic carbocycles. The number of carbonyl (C=O) groups is 4. The Morgan fingerprint density at radius 2 is 1.45 bits per heavy atom. The van der Waals surface area contributed by atoms with Crippen LogP contribution in [0.4, 0.5) is 27.1 Å². The first kappa shape index (κ1) is 33.0. The topological polar surface area (TPSA) is 116 Å². The molecule has 12 heteroatoms. The van der Waals surface area contributed by atoms with E-state index in [0.717, 1.165) is 28.4 Å². The highest BCUT2D eigenvalue weighted by atomic mass is 35.5. The van der Waals surface area contributed by atoms with Gasteiger partial charge in [-0.15, -0.1) is 23.2 Å². The molecule has 0 radical (unpaired) electrons. The second-order valence-electron chi connectivity index (χ2n) is 13.2. The maximum absolute atomic E-state index is 14.6. The van der Waals surface area contributed by atoms with Gasteiger partial charge in [-0.1, -0.05) is 35.9 Å². The van der Waals surface area contributed by atoms with Crippen LogP contribution in [0.3, 0.4) is 0 Å². The number of ether oxygens (including phenoxy) is 1. The van der Waals surface area contributed by atoms with Crippen LogP contribution < -0.4 is 19.9 Å². The zero-order valence-electron chi connectivity index (χ0n) is 27.1. The molecule has 2 heterocycles. The second kappa shape index (κ2) is 12.0. The number of phenolic OH excluding ortho intramolecular Hbond substituents is 1. The molecule has 4 aliphatic rings. The number of phenols is 1. The van der Waals surface area contributed by atoms with Gasteiger partial charge in [-0.25, -0.2) is 9.29 Å². The van der Waals surface area contributed by atoms with Crippen LogP contribution in [0.2, 0.25) is 0 Å². The van der Waals surface area contributed by atoms with Crippen molar-refractivity contribution in [2.75, 3.05) is 22.2 Å². The minimum atomic E-state index is -2.13. The Labute approximate surface area is 302 Å². The van der Waals surface area contributed by atoms with Crippen LogP contribution in [0.5, 0.6) is 11.5 Å². The van der Waals surface area contributed by atoms with Crippen molar-refractivity contribution >= 4 is 69.6 Å². The summed E-state index contributed by atoms with van der Waals surface area (Å²) in [6.45, 7) is 0. The van der Waals surface area contributed by atoms with Crippen molar-refractivity contribution in [3.63, 3.8) is 0 Å². The number of aromatic hydroxyl groups is 1. The van der Waals surface area contributed by atoms with Gasteiger partial charge in [-0.05, 0) is 85.5 Å². The van der Waals surface area contributed by atoms with Gasteiger partial charge < -0.3 is 15.2 Å². The van der Waals surface area contributed by atoms with Crippen molar-refractivity contribution in [1.82, 2.24) is 0 Å². The zero-order chi connectivity index (χ0) is 35.8. The molecule has 0 aromatic heterocycles. The summed E-state index contributed by atoms with van der Waals surface area (Å²) in [4.78, 5) is 55.3. The number of allylic oxidation sites excluding steroid dienone is 2. The summed E-state index contributed by atoms with van der Waals surface area (Å²) < 4.78 is 19.6. The zero-order valence-corrected chi connectivity index (χ0v) is 28.6. The summed E-state index contributed by atoms with van der Waals surface area (Å²) in [7, 11) is 1.39. The van der Waals surface area contributed by atoms with Gasteiger partial charge in [0.2, 0.25) is 11.8 Å². The number of anilines is 4. The van der Waals surface area contributed by atoms with E-state index in [-0.39, 0.29) is 35.9 Å². The number of alkyl halides is 2. The molecule has 8 rings (SSSR count). The molecule has 2 N–H and O–H groups in total. The van der Waals surface area contributed by atoms with Crippen LogP contribution in [0, 0.1) is 23.6 Å². The number of nitrogens with zero attached hydrogens (tertiary/aromatic N) is 2. The lowest BCUT2D eigenvalue weighted by atomic mass is 9.56. The fourth-order valence-electron chi connectivity index (χ4n) is 8.32. The summed E-state index contributed by atoms with van der Waals surface area (Å²) >= 11 is 14.9. The summed E-state index contributed by atoms with van der Waals surface area (Å²) in [5, 5.41) is 13.6. The number of hydrogen-bond donors (Lipinski definition) is 2. The van der Waals surface area contributed by atoms with E-state index in [2.05, 4.69) is 5.32 Å². The fraction of sp³-hybridized carbons (Fsp3) is 0.231. The van der Waals surface area contributed by atoms with Gasteiger partial charge in [0.15, 0.2) is 9.75 Å². The number of carbonyl (C=O) groups excluding carboxylic acids is 4. The van der Waals surface area contributed by atoms with E-state index in [9.17, 15) is 28.7 Å². The van der Waals surface area contributed by atoms with E-state index in [1.165, 1.54) is 36.3 Å². The molecule has 4 amide bonds. The Hall–Kier alpha value is -5.19. The molecule has 2 aliphatic heterocycles. The first-order chi connectivity index (χ1) is 24.5. The van der Waals surface area contributed by atoms with Gasteiger partial charge in [-0.2, -0.15) is 0 Å². The quantitative estimate of drug-likeness (QED) is 0.124. The maximum atomic E-state index is 14.6. The summed E-state index contributed by atoms with van der Waals surface area (Å²) in [5.74, 6) is -6.53. The Morgan fingerprint density at radius 3 is 2.14 bits per heavy atom. The first-order valence-corrected chi connectivity index (χ1v) is 17.1. The summed E-state index contributed by atoms with van der Waals surface area (Å²) in [6, 6.07) is 25.7. The van der Waals surface area contributed by atoms with E-state index in [1.807, 2.05) is 36.4 Å². The largest absolute Gasteiger partial charge is 0.508 e. The highest BCUT2D eigenvalue weighted by Crippen LogP contribution is 2.66. The third kappa shape index (κ3) is 4.80. The molecule has 3 fully saturated rings. The number of benzene rings is 4. The van der Waals surface area contributed by atoms with Gasteiger partial charge in [-0.3, -0.25) is 24.1 Å². The molecule has 0 spiro atoms. The third-order valence-corrected chi connectivity index (χ3v) is 12.0. The predicted molar refractivity (Wildman–Crippen MR) is 190 cm³/mol. The van der Waals surface area contributed by atoms with Crippen LogP contribution in [0.25, 0.3) is 0 Å². The number of imide groups is 2. The normalized spacial score (nSPS) is 28.3. The van der Waals surface area contributed by atoms with E-state index < -0.39 is 57.0 Å². The van der Waals surface area contributed by atoms with Crippen molar-refractivity contribution in [3.8, 4) is 11.5 Å². The van der Waals surface area contributed by atoms with Crippen molar-refractivity contribution in [2.24, 2.45) is 17.8 Å². The molecule has 2 saturated heterocycles. The molecular weight excluding hydrogens is 696 g/mol. The molecule has 51 heavy (non-hydrogen) atoms. The molecule has 9 nitrogen and oxygen atoms in total. The monoisotopic (exact) mass is 725 g/mol. The average Bonchev–Trinajstić information content (AvgIpc) is 3.47. The smallest absolute Gasteiger partial charge is 0.258 e. The Morgan fingerprint density at radius 1 is 0.804 bits per heavy atom. The Kier molecular flexibility index (Phi) is 7.73. The molecule has 1 saturated carbocycles. The lowest BCUT2D eigenvalue weighted by Gasteiger charge is -2.50. The molecule has 258 valence electrons. The van der Waals surface area contributed by atoms with Crippen molar-refractivity contribution in [2.45, 2.75) is 28.5 Å². The molecule has 4 aromatic carbocycles. The van der Waals surface area contributed by atoms with Crippen molar-refractivity contribution in [1.29, 1.82) is 0 Å². The second-order valence-corrected chi connectivity index (χ2v) is 14.5. The van der Waals surface area contributed by atoms with Crippen LogP contribution >= 0.6 is 23.2 Å². The average molecular weight is 727 g/mol. The summed E-state index contributed by atoms with van der Waals surface area (Å²) in [5.41, 5.74) is 3.05. The molecule has 6 unspecified atom stereocenters. The van der Waals surface area contributed by atoms with Crippen LogP contribution in [-0.2, 0) is 19.2 Å². The van der Waals surface area contributed by atoms with Crippen LogP contribution in [0.1, 0.15) is 24.3 Å². The molecule has 0 bridgehead atoms. The van der Waals surface area contributed by atoms with Crippen molar-refractivity contribution in [3.05, 3.63) is 120 Å². The highest BCUT2D eigenvalue weighted by Gasteiger charge is 2.77. The predicted octanol–water partition coefficient (Wildman–Crippen LogP) is 7.05. The number of rotatable bonds is 6. The number of methoxy groups -OCH3 is 1. The minimum absolute atomic E-state index is 0.0793. The molecule has 4 aromatic rings. The number of amides is 4.